The monoisotopic (exact) mass is 386 g/mol. The van der Waals surface area contributed by atoms with Crippen LogP contribution in [0, 0.1) is 11.7 Å². The maximum Gasteiger partial charge on any atom is 0.312 e. The van der Waals surface area contributed by atoms with Crippen molar-refractivity contribution in [3.05, 3.63) is 35.6 Å². The fraction of sp³-hybridized carbons (Fsp3) is 0.556. The van der Waals surface area contributed by atoms with Gasteiger partial charge in [-0.1, -0.05) is 12.1 Å². The van der Waals surface area contributed by atoms with E-state index in [0.717, 1.165) is 24.8 Å². The van der Waals surface area contributed by atoms with Crippen molar-refractivity contribution >= 4 is 24.3 Å². The van der Waals surface area contributed by atoms with Crippen molar-refractivity contribution in [3.8, 4) is 0 Å². The lowest BCUT2D eigenvalue weighted by Crippen LogP contribution is -2.47. The third kappa shape index (κ3) is 7.17. The van der Waals surface area contributed by atoms with Gasteiger partial charge in [0.15, 0.2) is 0 Å². The van der Waals surface area contributed by atoms with Crippen molar-refractivity contribution in [2.75, 3.05) is 19.6 Å². The van der Waals surface area contributed by atoms with Crippen molar-refractivity contribution in [3.63, 3.8) is 0 Å². The Labute approximate surface area is 159 Å². The molecular weight excluding hydrogens is 359 g/mol. The third-order valence-corrected chi connectivity index (χ3v) is 4.67. The lowest BCUT2D eigenvalue weighted by atomic mass is 9.90. The largest absolute Gasteiger partial charge is 0.352 e. The van der Waals surface area contributed by atoms with Crippen LogP contribution in [0.25, 0.3) is 0 Å². The summed E-state index contributed by atoms with van der Waals surface area (Å²) >= 11 is 0. The van der Waals surface area contributed by atoms with Crippen LogP contribution >= 0.6 is 12.4 Å². The quantitative estimate of drug-likeness (QED) is 0.623. The van der Waals surface area contributed by atoms with Crippen LogP contribution in [-0.2, 0) is 11.2 Å². The van der Waals surface area contributed by atoms with Gasteiger partial charge in [0.25, 0.3) is 0 Å². The Bertz CT molecular complexity index is 577. The van der Waals surface area contributed by atoms with Gasteiger partial charge in [0.1, 0.15) is 5.82 Å². The third-order valence-electron chi connectivity index (χ3n) is 4.67. The van der Waals surface area contributed by atoms with E-state index >= 15 is 0 Å². The van der Waals surface area contributed by atoms with Crippen molar-refractivity contribution in [2.45, 2.75) is 38.1 Å². The second-order valence-corrected chi connectivity index (χ2v) is 6.64. The number of piperidine rings is 1. The molecule has 1 atom stereocenters. The Morgan fingerprint density at radius 3 is 2.42 bits per heavy atom. The van der Waals surface area contributed by atoms with Crippen LogP contribution < -0.4 is 16.8 Å². The molecule has 0 saturated carbocycles. The van der Waals surface area contributed by atoms with E-state index in [1.54, 1.807) is 0 Å². The summed E-state index contributed by atoms with van der Waals surface area (Å²) in [6, 6.07) is 5.51. The molecule has 6 nitrogen and oxygen atoms in total. The van der Waals surface area contributed by atoms with E-state index in [2.05, 4.69) is 5.32 Å². The first-order valence-corrected chi connectivity index (χ1v) is 8.78. The molecule has 8 heteroatoms. The lowest BCUT2D eigenvalue weighted by molar-refractivity contribution is -0.134. The maximum absolute atomic E-state index is 12.9. The standard InChI is InChI=1S/C18H27FN4O2.ClH/c19-15-5-3-13(4-6-15)12-14-7-10-23(11-8-14)17(24)16(20)2-1-9-22-18(21)25;/h3-6,14,16H,1-2,7-12,20H2,(H3,21,22,25);1H/t16-;/m0./s1. The van der Waals surface area contributed by atoms with Gasteiger partial charge in [0.2, 0.25) is 5.91 Å². The van der Waals surface area contributed by atoms with Crippen molar-refractivity contribution in [1.82, 2.24) is 10.2 Å². The van der Waals surface area contributed by atoms with Crippen molar-refractivity contribution < 1.29 is 14.0 Å². The molecule has 26 heavy (non-hydrogen) atoms. The first kappa shape index (κ1) is 22.2. The Morgan fingerprint density at radius 1 is 1.23 bits per heavy atom. The van der Waals surface area contributed by atoms with Crippen LogP contribution in [-0.4, -0.2) is 42.5 Å². The Balaban J connectivity index is 0.00000338. The van der Waals surface area contributed by atoms with Crippen molar-refractivity contribution in [1.29, 1.82) is 0 Å². The molecular formula is C18H28ClFN4O2. The molecule has 1 fully saturated rings. The topological polar surface area (TPSA) is 101 Å². The number of nitrogens with two attached hydrogens (primary N) is 2. The first-order chi connectivity index (χ1) is 12.0. The van der Waals surface area contributed by atoms with Crippen LogP contribution in [0.15, 0.2) is 24.3 Å². The zero-order valence-electron chi connectivity index (χ0n) is 14.8. The van der Waals surface area contributed by atoms with Gasteiger partial charge < -0.3 is 21.7 Å². The number of carbonyl (C=O) groups excluding carboxylic acids is 2. The predicted molar refractivity (Wildman–Crippen MR) is 101 cm³/mol. The molecule has 0 radical (unpaired) electrons. The summed E-state index contributed by atoms with van der Waals surface area (Å²) in [5.41, 5.74) is 12.1. The first-order valence-electron chi connectivity index (χ1n) is 8.78. The van der Waals surface area contributed by atoms with Crippen LogP contribution in [0.2, 0.25) is 0 Å². The van der Waals surface area contributed by atoms with Crippen LogP contribution in [0.3, 0.4) is 0 Å². The van der Waals surface area contributed by atoms with E-state index in [1.165, 1.54) is 12.1 Å². The second kappa shape index (κ2) is 11.0. The molecule has 1 aromatic carbocycles. The van der Waals surface area contributed by atoms with E-state index < -0.39 is 12.1 Å². The number of nitrogens with one attached hydrogen (secondary N) is 1. The van der Waals surface area contributed by atoms with Gasteiger partial charge in [-0.2, -0.15) is 0 Å². The van der Waals surface area contributed by atoms with Gasteiger partial charge in [-0.25, -0.2) is 9.18 Å². The zero-order valence-corrected chi connectivity index (χ0v) is 15.6. The minimum Gasteiger partial charge on any atom is -0.352 e. The molecule has 1 aromatic rings. The van der Waals surface area contributed by atoms with E-state index in [0.29, 0.717) is 38.4 Å². The molecule has 0 unspecified atom stereocenters. The predicted octanol–water partition coefficient (Wildman–Crippen LogP) is 1.80. The van der Waals surface area contributed by atoms with Gasteiger partial charge in [-0.05, 0) is 55.7 Å². The Kier molecular flexibility index (Phi) is 9.37. The number of rotatable bonds is 7. The number of halogens is 2. The minimum atomic E-state index is -0.567. The van der Waals surface area contributed by atoms with Gasteiger partial charge in [-0.3, -0.25) is 4.79 Å². The zero-order chi connectivity index (χ0) is 18.2. The SMILES string of the molecule is Cl.NC(=O)NCCC[C@H](N)C(=O)N1CCC(Cc2ccc(F)cc2)CC1. The summed E-state index contributed by atoms with van der Waals surface area (Å²) in [7, 11) is 0. The van der Waals surface area contributed by atoms with Gasteiger partial charge in [0.05, 0.1) is 6.04 Å². The summed E-state index contributed by atoms with van der Waals surface area (Å²) < 4.78 is 12.9. The summed E-state index contributed by atoms with van der Waals surface area (Å²) in [6.07, 6.45) is 3.91. The van der Waals surface area contributed by atoms with Gasteiger partial charge in [-0.15, -0.1) is 12.4 Å². The molecule has 0 bridgehead atoms. The Morgan fingerprint density at radius 2 is 1.85 bits per heavy atom. The number of urea groups is 1. The van der Waals surface area contributed by atoms with Gasteiger partial charge >= 0.3 is 6.03 Å². The normalized spacial score (nSPS) is 15.8. The molecule has 1 aliphatic rings. The van der Waals surface area contributed by atoms with Crippen LogP contribution in [0.4, 0.5) is 9.18 Å². The molecule has 3 amide bonds. The lowest BCUT2D eigenvalue weighted by Gasteiger charge is -2.33. The average molecular weight is 387 g/mol. The molecule has 1 aliphatic heterocycles. The smallest absolute Gasteiger partial charge is 0.312 e. The number of likely N-dealkylation sites (tertiary alicyclic amines) is 1. The summed E-state index contributed by atoms with van der Waals surface area (Å²) in [4.78, 5) is 24.8. The number of primary amides is 1. The number of benzene rings is 1. The van der Waals surface area contributed by atoms with E-state index in [1.807, 2.05) is 17.0 Å². The highest BCUT2D eigenvalue weighted by Gasteiger charge is 2.26. The number of carbonyl (C=O) groups is 2. The maximum atomic E-state index is 12.9. The van der Waals surface area contributed by atoms with Crippen molar-refractivity contribution in [2.24, 2.45) is 17.4 Å². The summed E-state index contributed by atoms with van der Waals surface area (Å²) in [5, 5.41) is 2.49. The highest BCUT2D eigenvalue weighted by atomic mass is 35.5. The molecule has 146 valence electrons. The molecule has 0 aliphatic carbocycles. The molecule has 2 rings (SSSR count). The van der Waals surface area contributed by atoms with Gasteiger partial charge in [0, 0.05) is 19.6 Å². The summed E-state index contributed by atoms with van der Waals surface area (Å²) in [6.45, 7) is 1.84. The highest BCUT2D eigenvalue weighted by molar-refractivity contribution is 5.85. The highest BCUT2D eigenvalue weighted by Crippen LogP contribution is 2.22. The minimum absolute atomic E-state index is 0. The van der Waals surface area contributed by atoms with E-state index in [4.69, 9.17) is 11.5 Å². The summed E-state index contributed by atoms with van der Waals surface area (Å²) in [5.74, 6) is 0.258. The fourth-order valence-electron chi connectivity index (χ4n) is 3.20. The molecule has 0 spiro atoms. The van der Waals surface area contributed by atoms with Crippen LogP contribution in [0.5, 0.6) is 0 Å². The van der Waals surface area contributed by atoms with E-state index in [9.17, 15) is 14.0 Å². The molecule has 5 N–H and O–H groups in total. The molecule has 1 saturated heterocycles. The second-order valence-electron chi connectivity index (χ2n) is 6.64. The van der Waals surface area contributed by atoms with Crippen LogP contribution in [0.1, 0.15) is 31.2 Å². The van der Waals surface area contributed by atoms with E-state index in [-0.39, 0.29) is 24.1 Å². The molecule has 1 heterocycles. The number of hydrogen-bond acceptors (Lipinski definition) is 3. The Hall–Kier alpha value is -1.86. The number of nitrogens with zero attached hydrogens (tertiary/aromatic N) is 1. The number of hydrogen-bond donors (Lipinski definition) is 3. The fourth-order valence-corrected chi connectivity index (χ4v) is 3.20. The molecule has 0 aromatic heterocycles. The number of amides is 3. The average Bonchev–Trinajstić information content (AvgIpc) is 2.60.